The summed E-state index contributed by atoms with van der Waals surface area (Å²) in [6, 6.07) is 0.453. The Morgan fingerprint density at radius 3 is 2.88 bits per heavy atom. The van der Waals surface area contributed by atoms with Crippen LogP contribution in [0, 0.1) is 0 Å². The second kappa shape index (κ2) is 4.55. The summed E-state index contributed by atoms with van der Waals surface area (Å²) in [5.74, 6) is -0.236. The first-order valence-electron chi connectivity index (χ1n) is 5.77. The summed E-state index contributed by atoms with van der Waals surface area (Å²) in [6.07, 6.45) is 6.22. The molecule has 5 nitrogen and oxygen atoms in total. The molecule has 1 aliphatic carbocycles. The second-order valence-electron chi connectivity index (χ2n) is 4.14. The van der Waals surface area contributed by atoms with Crippen molar-refractivity contribution in [3.63, 3.8) is 0 Å². The molecule has 2 N–H and O–H groups in total. The summed E-state index contributed by atoms with van der Waals surface area (Å²) < 4.78 is 1.71. The maximum absolute atomic E-state index is 10.9. The standard InChI is InChI=1S/C11H17N3O2/c1-2-14-9(10(15)16)7-12-11(14)13-8-5-3-4-6-8/h7-8H,2-6H2,1H3,(H,12,13)(H,15,16). The predicted molar refractivity (Wildman–Crippen MR) is 60.7 cm³/mol. The van der Waals surface area contributed by atoms with Crippen molar-refractivity contribution < 1.29 is 9.90 Å². The van der Waals surface area contributed by atoms with E-state index in [2.05, 4.69) is 10.3 Å². The number of nitrogens with zero attached hydrogens (tertiary/aromatic N) is 2. The van der Waals surface area contributed by atoms with Crippen LogP contribution < -0.4 is 5.32 Å². The van der Waals surface area contributed by atoms with Gasteiger partial charge >= 0.3 is 5.97 Å². The molecule has 0 amide bonds. The predicted octanol–water partition coefficient (Wildman–Crippen LogP) is 1.96. The van der Waals surface area contributed by atoms with Gasteiger partial charge in [0.25, 0.3) is 0 Å². The number of anilines is 1. The van der Waals surface area contributed by atoms with Gasteiger partial charge in [0, 0.05) is 12.6 Å². The van der Waals surface area contributed by atoms with Gasteiger partial charge in [0.1, 0.15) is 5.69 Å². The lowest BCUT2D eigenvalue weighted by molar-refractivity contribution is 0.0685. The number of nitrogens with one attached hydrogen (secondary N) is 1. The van der Waals surface area contributed by atoms with E-state index < -0.39 is 5.97 Å². The number of carbonyl (C=O) groups is 1. The molecule has 1 saturated carbocycles. The number of carboxylic acids is 1. The molecule has 0 aliphatic heterocycles. The molecule has 1 aromatic rings. The van der Waals surface area contributed by atoms with E-state index in [1.807, 2.05) is 6.92 Å². The number of aromatic nitrogens is 2. The van der Waals surface area contributed by atoms with Crippen LogP contribution in [0.2, 0.25) is 0 Å². The van der Waals surface area contributed by atoms with E-state index in [9.17, 15) is 4.79 Å². The quantitative estimate of drug-likeness (QED) is 0.818. The number of carboxylic acid groups (broad SMARTS) is 1. The summed E-state index contributed by atoms with van der Waals surface area (Å²) in [6.45, 7) is 2.55. The summed E-state index contributed by atoms with van der Waals surface area (Å²) in [5.41, 5.74) is 0.253. The highest BCUT2D eigenvalue weighted by Gasteiger charge is 2.19. The van der Waals surface area contributed by atoms with Gasteiger partial charge in [-0.15, -0.1) is 0 Å². The van der Waals surface area contributed by atoms with Crippen molar-refractivity contribution in [3.05, 3.63) is 11.9 Å². The van der Waals surface area contributed by atoms with Crippen LogP contribution in [-0.2, 0) is 6.54 Å². The first-order chi connectivity index (χ1) is 7.72. The highest BCUT2D eigenvalue weighted by Crippen LogP contribution is 2.22. The molecule has 88 valence electrons. The summed E-state index contributed by atoms with van der Waals surface area (Å²) >= 11 is 0. The van der Waals surface area contributed by atoms with E-state index in [4.69, 9.17) is 5.11 Å². The van der Waals surface area contributed by atoms with Crippen molar-refractivity contribution in [3.8, 4) is 0 Å². The van der Waals surface area contributed by atoms with Crippen molar-refractivity contribution in [2.75, 3.05) is 5.32 Å². The SMILES string of the molecule is CCn1c(C(=O)O)cnc1NC1CCCC1. The molecular formula is C11H17N3O2. The number of imidazole rings is 1. The molecule has 0 radical (unpaired) electrons. The fourth-order valence-corrected chi connectivity index (χ4v) is 2.23. The number of aromatic carboxylic acids is 1. The third kappa shape index (κ3) is 2.03. The average Bonchev–Trinajstić information content (AvgIpc) is 2.87. The fourth-order valence-electron chi connectivity index (χ4n) is 2.23. The van der Waals surface area contributed by atoms with E-state index >= 15 is 0 Å². The Bertz CT molecular complexity index is 381. The minimum atomic E-state index is -0.922. The average molecular weight is 223 g/mol. The summed E-state index contributed by atoms with van der Waals surface area (Å²) in [5, 5.41) is 12.3. The van der Waals surface area contributed by atoms with Gasteiger partial charge in [0.2, 0.25) is 5.95 Å². The Balaban J connectivity index is 2.16. The van der Waals surface area contributed by atoms with Crippen LogP contribution in [0.5, 0.6) is 0 Å². The lowest BCUT2D eigenvalue weighted by atomic mass is 10.2. The van der Waals surface area contributed by atoms with Crippen molar-refractivity contribution in [1.29, 1.82) is 0 Å². The smallest absolute Gasteiger partial charge is 0.354 e. The van der Waals surface area contributed by atoms with Crippen LogP contribution in [-0.4, -0.2) is 26.7 Å². The zero-order chi connectivity index (χ0) is 11.5. The number of rotatable bonds is 4. The molecule has 0 atom stereocenters. The second-order valence-corrected chi connectivity index (χ2v) is 4.14. The molecule has 0 spiro atoms. The van der Waals surface area contributed by atoms with Gasteiger partial charge < -0.3 is 15.0 Å². The molecule has 0 saturated heterocycles. The van der Waals surface area contributed by atoms with Crippen LogP contribution >= 0.6 is 0 Å². The van der Waals surface area contributed by atoms with Crippen LogP contribution in [0.15, 0.2) is 6.20 Å². The Morgan fingerprint density at radius 1 is 1.62 bits per heavy atom. The maximum Gasteiger partial charge on any atom is 0.354 e. The summed E-state index contributed by atoms with van der Waals surface area (Å²) in [4.78, 5) is 15.1. The minimum absolute atomic E-state index is 0.253. The Morgan fingerprint density at radius 2 is 2.31 bits per heavy atom. The van der Waals surface area contributed by atoms with E-state index in [1.165, 1.54) is 19.0 Å². The highest BCUT2D eigenvalue weighted by atomic mass is 16.4. The number of hydrogen-bond donors (Lipinski definition) is 2. The molecule has 1 aliphatic rings. The largest absolute Gasteiger partial charge is 0.477 e. The molecule has 0 bridgehead atoms. The minimum Gasteiger partial charge on any atom is -0.477 e. The van der Waals surface area contributed by atoms with E-state index in [0.717, 1.165) is 12.8 Å². The van der Waals surface area contributed by atoms with Crippen LogP contribution in [0.1, 0.15) is 43.1 Å². The third-order valence-corrected chi connectivity index (χ3v) is 3.08. The zero-order valence-corrected chi connectivity index (χ0v) is 9.44. The molecule has 2 rings (SSSR count). The summed E-state index contributed by atoms with van der Waals surface area (Å²) in [7, 11) is 0. The molecule has 1 aromatic heterocycles. The Labute approximate surface area is 94.5 Å². The molecular weight excluding hydrogens is 206 g/mol. The maximum atomic E-state index is 10.9. The van der Waals surface area contributed by atoms with Crippen LogP contribution in [0.3, 0.4) is 0 Å². The van der Waals surface area contributed by atoms with Gasteiger partial charge in [-0.1, -0.05) is 12.8 Å². The van der Waals surface area contributed by atoms with Gasteiger partial charge in [-0.2, -0.15) is 0 Å². The molecule has 16 heavy (non-hydrogen) atoms. The van der Waals surface area contributed by atoms with Gasteiger partial charge in [-0.05, 0) is 19.8 Å². The third-order valence-electron chi connectivity index (χ3n) is 3.08. The Hall–Kier alpha value is -1.52. The van der Waals surface area contributed by atoms with Gasteiger partial charge in [0.05, 0.1) is 6.20 Å². The fraction of sp³-hybridized carbons (Fsp3) is 0.636. The van der Waals surface area contributed by atoms with Gasteiger partial charge in [0.15, 0.2) is 0 Å². The Kier molecular flexibility index (Phi) is 3.12. The first-order valence-corrected chi connectivity index (χ1v) is 5.77. The lowest BCUT2D eigenvalue weighted by Crippen LogP contribution is -2.19. The zero-order valence-electron chi connectivity index (χ0n) is 9.44. The molecule has 1 heterocycles. The molecule has 5 heteroatoms. The highest BCUT2D eigenvalue weighted by molar-refractivity contribution is 5.86. The normalized spacial score (nSPS) is 16.6. The van der Waals surface area contributed by atoms with Crippen molar-refractivity contribution in [2.24, 2.45) is 0 Å². The monoisotopic (exact) mass is 223 g/mol. The van der Waals surface area contributed by atoms with E-state index in [1.54, 1.807) is 4.57 Å². The molecule has 0 unspecified atom stereocenters. The lowest BCUT2D eigenvalue weighted by Gasteiger charge is -2.14. The van der Waals surface area contributed by atoms with Crippen molar-refractivity contribution in [2.45, 2.75) is 45.2 Å². The molecule has 0 aromatic carbocycles. The van der Waals surface area contributed by atoms with Crippen molar-refractivity contribution in [1.82, 2.24) is 9.55 Å². The molecule has 1 fully saturated rings. The van der Waals surface area contributed by atoms with E-state index in [0.29, 0.717) is 18.5 Å². The van der Waals surface area contributed by atoms with Crippen molar-refractivity contribution >= 4 is 11.9 Å². The van der Waals surface area contributed by atoms with Crippen LogP contribution in [0.4, 0.5) is 5.95 Å². The topological polar surface area (TPSA) is 67.2 Å². The number of hydrogen-bond acceptors (Lipinski definition) is 3. The van der Waals surface area contributed by atoms with Gasteiger partial charge in [-0.3, -0.25) is 0 Å². The van der Waals surface area contributed by atoms with Crippen LogP contribution in [0.25, 0.3) is 0 Å². The first kappa shape index (κ1) is 11.0. The van der Waals surface area contributed by atoms with E-state index in [-0.39, 0.29) is 5.69 Å². The van der Waals surface area contributed by atoms with Gasteiger partial charge in [-0.25, -0.2) is 9.78 Å².